The second kappa shape index (κ2) is 4.93. The zero-order chi connectivity index (χ0) is 14.2. The zero-order valence-corrected chi connectivity index (χ0v) is 13.1. The highest BCUT2D eigenvalue weighted by molar-refractivity contribution is 9.10. The summed E-state index contributed by atoms with van der Waals surface area (Å²) in [5.41, 5.74) is 2.84. The van der Waals surface area contributed by atoms with Crippen LogP contribution in [0.4, 0.5) is 0 Å². The molecule has 0 spiro atoms. The summed E-state index contributed by atoms with van der Waals surface area (Å²) in [7, 11) is 0. The van der Waals surface area contributed by atoms with Crippen LogP contribution in [0.1, 0.15) is 32.0 Å². The molecule has 0 saturated carbocycles. The van der Waals surface area contributed by atoms with Gasteiger partial charge in [0.1, 0.15) is 10.3 Å². The van der Waals surface area contributed by atoms with Crippen molar-refractivity contribution in [2.45, 2.75) is 33.1 Å². The van der Waals surface area contributed by atoms with E-state index in [-0.39, 0.29) is 11.0 Å². The van der Waals surface area contributed by atoms with Crippen molar-refractivity contribution in [1.82, 2.24) is 9.97 Å². The van der Waals surface area contributed by atoms with Gasteiger partial charge in [-0.3, -0.25) is 4.79 Å². The lowest BCUT2D eigenvalue weighted by Crippen LogP contribution is -2.12. The molecule has 0 aliphatic carbocycles. The van der Waals surface area contributed by atoms with Crippen molar-refractivity contribution in [2.24, 2.45) is 0 Å². The predicted molar refractivity (Wildman–Crippen MR) is 81.4 cm³/mol. The van der Waals surface area contributed by atoms with Crippen LogP contribution in [0.2, 0.25) is 0 Å². The van der Waals surface area contributed by atoms with E-state index < -0.39 is 0 Å². The van der Waals surface area contributed by atoms with Crippen LogP contribution in [-0.2, 0) is 5.41 Å². The molecular formula is C15H17BrN2O. The fraction of sp³-hybridized carbons (Fsp3) is 0.333. The smallest absolute Gasteiger partial charge is 0.265 e. The number of nitrogens with zero attached hydrogens (tertiary/aromatic N) is 1. The molecular weight excluding hydrogens is 304 g/mol. The number of aromatic nitrogens is 2. The zero-order valence-electron chi connectivity index (χ0n) is 11.5. The van der Waals surface area contributed by atoms with Crippen molar-refractivity contribution >= 4 is 15.9 Å². The molecule has 1 N–H and O–H groups in total. The van der Waals surface area contributed by atoms with Gasteiger partial charge in [-0.15, -0.1) is 0 Å². The highest BCUT2D eigenvalue weighted by Crippen LogP contribution is 2.24. The largest absolute Gasteiger partial charge is 0.306 e. The molecule has 0 aliphatic rings. The van der Waals surface area contributed by atoms with E-state index in [0.29, 0.717) is 16.0 Å². The summed E-state index contributed by atoms with van der Waals surface area (Å²) in [6, 6.07) is 8.14. The van der Waals surface area contributed by atoms with Crippen molar-refractivity contribution < 1.29 is 0 Å². The average molecular weight is 321 g/mol. The summed E-state index contributed by atoms with van der Waals surface area (Å²) in [6.45, 7) is 8.33. The van der Waals surface area contributed by atoms with Crippen molar-refractivity contribution in [2.75, 3.05) is 0 Å². The van der Waals surface area contributed by atoms with E-state index in [4.69, 9.17) is 0 Å². The molecule has 0 atom stereocenters. The first-order chi connectivity index (χ1) is 8.79. The molecule has 0 bridgehead atoms. The lowest BCUT2D eigenvalue weighted by molar-refractivity contribution is 0.590. The number of halogens is 1. The van der Waals surface area contributed by atoms with Gasteiger partial charge in [0.25, 0.3) is 5.56 Å². The quantitative estimate of drug-likeness (QED) is 0.868. The third kappa shape index (κ3) is 2.95. The van der Waals surface area contributed by atoms with Crippen LogP contribution in [-0.4, -0.2) is 9.97 Å². The number of H-pyrrole nitrogens is 1. The number of benzene rings is 1. The first kappa shape index (κ1) is 14.0. The average Bonchev–Trinajstić information content (AvgIpc) is 2.34. The molecule has 0 radical (unpaired) electrons. The van der Waals surface area contributed by atoms with E-state index in [1.54, 1.807) is 0 Å². The third-order valence-electron chi connectivity index (χ3n) is 3.05. The lowest BCUT2D eigenvalue weighted by Gasteiger charge is -2.19. The topological polar surface area (TPSA) is 45.8 Å². The Morgan fingerprint density at radius 3 is 2.21 bits per heavy atom. The number of rotatable bonds is 1. The van der Waals surface area contributed by atoms with Gasteiger partial charge < -0.3 is 4.98 Å². The Bertz CT molecular complexity index is 651. The monoisotopic (exact) mass is 320 g/mol. The van der Waals surface area contributed by atoms with Crippen LogP contribution < -0.4 is 5.56 Å². The van der Waals surface area contributed by atoms with E-state index >= 15 is 0 Å². The summed E-state index contributed by atoms with van der Waals surface area (Å²) >= 11 is 3.22. The van der Waals surface area contributed by atoms with Crippen LogP contribution in [0, 0.1) is 6.92 Å². The molecule has 1 aromatic heterocycles. The first-order valence-electron chi connectivity index (χ1n) is 6.16. The van der Waals surface area contributed by atoms with Gasteiger partial charge in [0.15, 0.2) is 0 Å². The van der Waals surface area contributed by atoms with Gasteiger partial charge in [-0.2, -0.15) is 0 Å². The van der Waals surface area contributed by atoms with Crippen LogP contribution in [0.25, 0.3) is 11.4 Å². The normalized spacial score (nSPS) is 11.6. The van der Waals surface area contributed by atoms with Gasteiger partial charge in [0.2, 0.25) is 0 Å². The molecule has 4 heteroatoms. The predicted octanol–water partition coefficient (Wildman–Crippen LogP) is 3.81. The van der Waals surface area contributed by atoms with E-state index in [2.05, 4.69) is 58.8 Å². The van der Waals surface area contributed by atoms with Gasteiger partial charge in [-0.05, 0) is 33.8 Å². The van der Waals surface area contributed by atoms with Crippen molar-refractivity contribution in [3.05, 3.63) is 50.3 Å². The second-order valence-corrected chi connectivity index (χ2v) is 6.43. The Kier molecular flexibility index (Phi) is 3.63. The minimum atomic E-state index is -0.151. The Morgan fingerprint density at radius 2 is 1.74 bits per heavy atom. The Labute approximate surface area is 121 Å². The number of aromatic amines is 1. The Hall–Kier alpha value is -1.42. The number of hydrogen-bond donors (Lipinski definition) is 1. The molecule has 0 aliphatic heterocycles. The van der Waals surface area contributed by atoms with Gasteiger partial charge in [0.05, 0.1) is 5.69 Å². The molecule has 1 heterocycles. The molecule has 0 fully saturated rings. The number of aryl methyl sites for hydroxylation is 1. The molecule has 100 valence electrons. The molecule has 3 nitrogen and oxygen atoms in total. The van der Waals surface area contributed by atoms with E-state index in [9.17, 15) is 4.79 Å². The van der Waals surface area contributed by atoms with Crippen molar-refractivity contribution in [1.29, 1.82) is 0 Å². The molecule has 1 aromatic carbocycles. The SMILES string of the molecule is Cc1nc(-c2ccc(C(C)(C)C)cc2)[nH]c(=O)c1Br. The molecule has 0 unspecified atom stereocenters. The Morgan fingerprint density at radius 1 is 1.16 bits per heavy atom. The standard InChI is InChI=1S/C15H17BrN2O/c1-9-12(16)14(19)18-13(17-9)10-5-7-11(8-6-10)15(2,3)4/h5-8H,1-4H3,(H,17,18,19). The number of hydrogen-bond acceptors (Lipinski definition) is 2. The van der Waals surface area contributed by atoms with Gasteiger partial charge in [-0.1, -0.05) is 45.0 Å². The fourth-order valence-electron chi connectivity index (χ4n) is 1.84. The second-order valence-electron chi connectivity index (χ2n) is 5.64. The van der Waals surface area contributed by atoms with Gasteiger partial charge in [-0.25, -0.2) is 4.98 Å². The highest BCUT2D eigenvalue weighted by atomic mass is 79.9. The van der Waals surface area contributed by atoms with E-state index in [1.165, 1.54) is 5.56 Å². The minimum Gasteiger partial charge on any atom is -0.306 e. The van der Waals surface area contributed by atoms with Crippen molar-refractivity contribution in [3.63, 3.8) is 0 Å². The summed E-state index contributed by atoms with van der Waals surface area (Å²) in [5, 5.41) is 0. The lowest BCUT2D eigenvalue weighted by atomic mass is 9.87. The molecule has 0 amide bonds. The molecule has 19 heavy (non-hydrogen) atoms. The fourth-order valence-corrected chi connectivity index (χ4v) is 2.02. The maximum atomic E-state index is 11.7. The minimum absolute atomic E-state index is 0.120. The molecule has 0 saturated heterocycles. The van der Waals surface area contributed by atoms with Crippen LogP contribution in [0.3, 0.4) is 0 Å². The van der Waals surface area contributed by atoms with E-state index in [1.807, 2.05) is 19.1 Å². The molecule has 2 rings (SSSR count). The maximum Gasteiger partial charge on any atom is 0.265 e. The van der Waals surface area contributed by atoms with Crippen LogP contribution in [0.15, 0.2) is 33.5 Å². The third-order valence-corrected chi connectivity index (χ3v) is 3.99. The summed E-state index contributed by atoms with van der Waals surface area (Å²) in [4.78, 5) is 18.9. The molecule has 2 aromatic rings. The first-order valence-corrected chi connectivity index (χ1v) is 6.95. The van der Waals surface area contributed by atoms with E-state index in [0.717, 1.165) is 5.56 Å². The highest BCUT2D eigenvalue weighted by Gasteiger charge is 2.14. The maximum absolute atomic E-state index is 11.7. The van der Waals surface area contributed by atoms with Crippen LogP contribution in [0.5, 0.6) is 0 Å². The summed E-state index contributed by atoms with van der Waals surface area (Å²) < 4.78 is 0.488. The number of nitrogens with one attached hydrogen (secondary N) is 1. The summed E-state index contributed by atoms with van der Waals surface area (Å²) in [5.74, 6) is 0.603. The summed E-state index contributed by atoms with van der Waals surface area (Å²) in [6.07, 6.45) is 0. The Balaban J connectivity index is 2.46. The van der Waals surface area contributed by atoms with Gasteiger partial charge >= 0.3 is 0 Å². The van der Waals surface area contributed by atoms with Crippen LogP contribution >= 0.6 is 15.9 Å². The van der Waals surface area contributed by atoms with Gasteiger partial charge in [0, 0.05) is 5.56 Å². The van der Waals surface area contributed by atoms with Crippen molar-refractivity contribution in [3.8, 4) is 11.4 Å².